The molecule has 1 N–H and O–H groups in total. The molecule has 0 atom stereocenters. The fourth-order valence-electron chi connectivity index (χ4n) is 3.50. The summed E-state index contributed by atoms with van der Waals surface area (Å²) in [5.74, 6) is 0.455. The maximum atomic E-state index is 13.0. The Bertz CT molecular complexity index is 964. The molecule has 2 aromatic carbocycles. The molecule has 1 heterocycles. The number of sulfonamides is 1. The summed E-state index contributed by atoms with van der Waals surface area (Å²) in [6.07, 6.45) is 1.17. The fraction of sp³-hybridized carbons (Fsp3) is 0.381. The van der Waals surface area contributed by atoms with Gasteiger partial charge in [0.1, 0.15) is 5.75 Å². The Kier molecular flexibility index (Phi) is 6.05. The zero-order valence-electron chi connectivity index (χ0n) is 16.4. The number of aryl methyl sites for hydroxylation is 2. The summed E-state index contributed by atoms with van der Waals surface area (Å²) in [7, 11) is -1.96. The van der Waals surface area contributed by atoms with Crippen LogP contribution in [0, 0.1) is 13.8 Å². The number of carbonyl (C=O) groups excluding carboxylic acids is 1. The number of benzene rings is 2. The highest BCUT2D eigenvalue weighted by Gasteiger charge is 2.31. The number of nitrogens with one attached hydrogen (secondary N) is 1. The Balaban J connectivity index is 1.63. The summed E-state index contributed by atoms with van der Waals surface area (Å²) in [5.41, 5.74) is 2.33. The van der Waals surface area contributed by atoms with Gasteiger partial charge in [0.25, 0.3) is 5.91 Å². The molecule has 0 aliphatic carbocycles. The lowest BCUT2D eigenvalue weighted by Gasteiger charge is -2.32. The Hall–Kier alpha value is -2.38. The molecule has 7 heteroatoms. The number of piperidine rings is 1. The van der Waals surface area contributed by atoms with E-state index in [-0.39, 0.29) is 11.9 Å². The number of hydrogen-bond acceptors (Lipinski definition) is 4. The molecular formula is C21H26N2O4S. The van der Waals surface area contributed by atoms with E-state index >= 15 is 0 Å². The van der Waals surface area contributed by atoms with Crippen LogP contribution < -0.4 is 10.1 Å². The molecule has 1 saturated heterocycles. The third-order valence-electron chi connectivity index (χ3n) is 5.07. The standard InChI is InChI=1S/C21H26N2O4S/c1-15-7-8-20(16(2)13-15)28(25,26)23-11-9-18(10-12-23)22-21(24)17-5-4-6-19(14-17)27-3/h4-8,13-14,18H,9-12H2,1-3H3,(H,22,24). The van der Waals surface area contributed by atoms with E-state index in [4.69, 9.17) is 4.74 Å². The summed E-state index contributed by atoms with van der Waals surface area (Å²) in [4.78, 5) is 12.8. The van der Waals surface area contributed by atoms with Crippen LogP contribution in [0.5, 0.6) is 5.75 Å². The van der Waals surface area contributed by atoms with E-state index in [1.807, 2.05) is 26.0 Å². The SMILES string of the molecule is COc1cccc(C(=O)NC2CCN(S(=O)(=O)c3ccc(C)cc3C)CC2)c1. The molecule has 150 valence electrons. The van der Waals surface area contributed by atoms with Crippen molar-refractivity contribution in [3.63, 3.8) is 0 Å². The highest BCUT2D eigenvalue weighted by atomic mass is 32.2. The van der Waals surface area contributed by atoms with Gasteiger partial charge in [-0.1, -0.05) is 23.8 Å². The quantitative estimate of drug-likeness (QED) is 0.834. The maximum absolute atomic E-state index is 13.0. The molecule has 0 bridgehead atoms. The summed E-state index contributed by atoms with van der Waals surface area (Å²) in [5, 5.41) is 3.00. The Morgan fingerprint density at radius 3 is 2.46 bits per heavy atom. The molecule has 1 amide bonds. The first-order chi connectivity index (χ1) is 13.3. The van der Waals surface area contributed by atoms with E-state index in [1.54, 1.807) is 37.4 Å². The molecule has 1 fully saturated rings. The normalized spacial score (nSPS) is 16.0. The Morgan fingerprint density at radius 2 is 1.82 bits per heavy atom. The van der Waals surface area contributed by atoms with Crippen molar-refractivity contribution in [2.24, 2.45) is 0 Å². The average molecular weight is 403 g/mol. The zero-order valence-corrected chi connectivity index (χ0v) is 17.3. The van der Waals surface area contributed by atoms with Gasteiger partial charge in [0.15, 0.2) is 0 Å². The van der Waals surface area contributed by atoms with Gasteiger partial charge in [0, 0.05) is 24.7 Å². The average Bonchev–Trinajstić information content (AvgIpc) is 2.68. The predicted octanol–water partition coefficient (Wildman–Crippen LogP) is 2.90. The van der Waals surface area contributed by atoms with E-state index < -0.39 is 10.0 Å². The molecule has 6 nitrogen and oxygen atoms in total. The van der Waals surface area contributed by atoms with Crippen molar-refractivity contribution in [3.05, 3.63) is 59.2 Å². The number of rotatable bonds is 5. The van der Waals surface area contributed by atoms with E-state index in [0.29, 0.717) is 42.1 Å². The molecular weight excluding hydrogens is 376 g/mol. The molecule has 0 unspecified atom stereocenters. The Labute approximate surface area is 166 Å². The van der Waals surface area contributed by atoms with Gasteiger partial charge in [-0.2, -0.15) is 4.31 Å². The molecule has 1 aliphatic rings. The van der Waals surface area contributed by atoms with Gasteiger partial charge in [0.2, 0.25) is 10.0 Å². The lowest BCUT2D eigenvalue weighted by atomic mass is 10.1. The van der Waals surface area contributed by atoms with Crippen molar-refractivity contribution in [2.45, 2.75) is 37.6 Å². The van der Waals surface area contributed by atoms with Gasteiger partial charge < -0.3 is 10.1 Å². The summed E-state index contributed by atoms with van der Waals surface area (Å²) in [6, 6.07) is 12.3. The van der Waals surface area contributed by atoms with Gasteiger partial charge >= 0.3 is 0 Å². The highest BCUT2D eigenvalue weighted by Crippen LogP contribution is 2.24. The molecule has 28 heavy (non-hydrogen) atoms. The minimum atomic E-state index is -3.52. The van der Waals surface area contributed by atoms with Crippen LogP contribution >= 0.6 is 0 Å². The van der Waals surface area contributed by atoms with E-state index in [2.05, 4.69) is 5.32 Å². The first kappa shape index (κ1) is 20.4. The van der Waals surface area contributed by atoms with Gasteiger partial charge in [-0.25, -0.2) is 8.42 Å². The highest BCUT2D eigenvalue weighted by molar-refractivity contribution is 7.89. The van der Waals surface area contributed by atoms with Crippen molar-refractivity contribution < 1.29 is 17.9 Å². The third-order valence-corrected chi connectivity index (χ3v) is 7.13. The molecule has 0 aromatic heterocycles. The number of amides is 1. The predicted molar refractivity (Wildman–Crippen MR) is 108 cm³/mol. The Morgan fingerprint density at radius 1 is 1.11 bits per heavy atom. The van der Waals surface area contributed by atoms with E-state index in [1.165, 1.54) is 4.31 Å². The largest absolute Gasteiger partial charge is 0.497 e. The van der Waals surface area contributed by atoms with Crippen molar-refractivity contribution in [2.75, 3.05) is 20.2 Å². The number of hydrogen-bond donors (Lipinski definition) is 1. The topological polar surface area (TPSA) is 75.7 Å². The van der Waals surface area contributed by atoms with Crippen LogP contribution in [0.15, 0.2) is 47.4 Å². The number of methoxy groups -OCH3 is 1. The third kappa shape index (κ3) is 4.36. The van der Waals surface area contributed by atoms with Crippen LogP contribution in [0.4, 0.5) is 0 Å². The number of nitrogens with zero attached hydrogens (tertiary/aromatic N) is 1. The van der Waals surface area contributed by atoms with Gasteiger partial charge in [-0.05, 0) is 56.5 Å². The van der Waals surface area contributed by atoms with Crippen LogP contribution in [0.2, 0.25) is 0 Å². The zero-order chi connectivity index (χ0) is 20.3. The monoisotopic (exact) mass is 402 g/mol. The van der Waals surface area contributed by atoms with Crippen molar-refractivity contribution in [3.8, 4) is 5.75 Å². The summed E-state index contributed by atoms with van der Waals surface area (Å²) < 4.78 is 32.6. The first-order valence-corrected chi connectivity index (χ1v) is 10.8. The van der Waals surface area contributed by atoms with Crippen LogP contribution in [-0.2, 0) is 10.0 Å². The molecule has 0 spiro atoms. The lowest BCUT2D eigenvalue weighted by Crippen LogP contribution is -2.46. The maximum Gasteiger partial charge on any atom is 0.251 e. The smallest absolute Gasteiger partial charge is 0.251 e. The van der Waals surface area contributed by atoms with Gasteiger partial charge in [-0.3, -0.25) is 4.79 Å². The van der Waals surface area contributed by atoms with Crippen LogP contribution in [-0.4, -0.2) is 44.9 Å². The van der Waals surface area contributed by atoms with Crippen LogP contribution in [0.25, 0.3) is 0 Å². The van der Waals surface area contributed by atoms with Crippen molar-refractivity contribution in [1.82, 2.24) is 9.62 Å². The molecule has 0 radical (unpaired) electrons. The summed E-state index contributed by atoms with van der Waals surface area (Å²) in [6.45, 7) is 4.54. The minimum absolute atomic E-state index is 0.0516. The fourth-order valence-corrected chi connectivity index (χ4v) is 5.18. The summed E-state index contributed by atoms with van der Waals surface area (Å²) >= 11 is 0. The molecule has 3 rings (SSSR count). The molecule has 1 aliphatic heterocycles. The second kappa shape index (κ2) is 8.32. The number of carbonyl (C=O) groups is 1. The van der Waals surface area contributed by atoms with Crippen molar-refractivity contribution in [1.29, 1.82) is 0 Å². The molecule has 2 aromatic rings. The van der Waals surface area contributed by atoms with Crippen LogP contribution in [0.1, 0.15) is 34.3 Å². The lowest BCUT2D eigenvalue weighted by molar-refractivity contribution is 0.0923. The first-order valence-electron chi connectivity index (χ1n) is 9.33. The van der Waals surface area contributed by atoms with Crippen LogP contribution in [0.3, 0.4) is 0 Å². The van der Waals surface area contributed by atoms with E-state index in [0.717, 1.165) is 11.1 Å². The van der Waals surface area contributed by atoms with Gasteiger partial charge in [0.05, 0.1) is 12.0 Å². The van der Waals surface area contributed by atoms with E-state index in [9.17, 15) is 13.2 Å². The minimum Gasteiger partial charge on any atom is -0.497 e. The van der Waals surface area contributed by atoms with Crippen molar-refractivity contribution >= 4 is 15.9 Å². The van der Waals surface area contributed by atoms with Gasteiger partial charge in [-0.15, -0.1) is 0 Å². The second-order valence-electron chi connectivity index (χ2n) is 7.15. The number of ether oxygens (including phenoxy) is 1. The second-order valence-corrected chi connectivity index (χ2v) is 9.06. The molecule has 0 saturated carbocycles.